The summed E-state index contributed by atoms with van der Waals surface area (Å²) in [6.45, 7) is 2.05. The number of nitriles is 1. The number of hydrogen-bond acceptors (Lipinski definition) is 6. The molecule has 5 N–H and O–H groups in total. The van der Waals surface area contributed by atoms with E-state index in [1.807, 2.05) is 0 Å². The molecule has 0 spiro atoms. The van der Waals surface area contributed by atoms with Gasteiger partial charge in [0.2, 0.25) is 0 Å². The Morgan fingerprint density at radius 1 is 1.50 bits per heavy atom. The van der Waals surface area contributed by atoms with E-state index < -0.39 is 12.0 Å². The van der Waals surface area contributed by atoms with Crippen molar-refractivity contribution < 1.29 is 14.3 Å². The number of halogens is 1. The van der Waals surface area contributed by atoms with Crippen LogP contribution in [0.25, 0.3) is 0 Å². The van der Waals surface area contributed by atoms with Gasteiger partial charge in [0.1, 0.15) is 11.6 Å². The molecule has 0 aliphatic rings. The summed E-state index contributed by atoms with van der Waals surface area (Å²) in [5.74, 6) is -0.704. The molecule has 0 heterocycles. The van der Waals surface area contributed by atoms with E-state index in [0.717, 1.165) is 11.1 Å². The summed E-state index contributed by atoms with van der Waals surface area (Å²) in [4.78, 5) is 25.0. The predicted molar refractivity (Wildman–Crippen MR) is 91.0 cm³/mol. The second kappa shape index (κ2) is 9.39. The van der Waals surface area contributed by atoms with Crippen molar-refractivity contribution in [3.63, 3.8) is 0 Å². The largest absolute Gasteiger partial charge is 0.449 e. The third-order valence-corrected chi connectivity index (χ3v) is 3.11. The van der Waals surface area contributed by atoms with Crippen LogP contribution in [-0.2, 0) is 9.53 Å². The van der Waals surface area contributed by atoms with E-state index in [1.165, 1.54) is 18.2 Å². The molecular formula is C15H18ClN5O3. The number of nitrogens with one attached hydrogen (secondary N) is 1. The first-order chi connectivity index (χ1) is 11.4. The first-order valence-corrected chi connectivity index (χ1v) is 7.42. The van der Waals surface area contributed by atoms with Gasteiger partial charge in [-0.1, -0.05) is 11.6 Å². The smallest absolute Gasteiger partial charge is 0.413 e. The van der Waals surface area contributed by atoms with Gasteiger partial charge in [-0.05, 0) is 25.1 Å². The molecular weight excluding hydrogens is 334 g/mol. The molecule has 0 bridgehead atoms. The van der Waals surface area contributed by atoms with Crippen molar-refractivity contribution in [3.05, 3.63) is 35.0 Å². The van der Waals surface area contributed by atoms with Crippen LogP contribution in [0.4, 0.5) is 16.2 Å². The number of benzene rings is 1. The normalized spacial score (nSPS) is 10.7. The van der Waals surface area contributed by atoms with Crippen molar-refractivity contribution in [1.82, 2.24) is 4.90 Å². The molecule has 0 unspecified atom stereocenters. The highest BCUT2D eigenvalue weighted by molar-refractivity contribution is 6.33. The van der Waals surface area contributed by atoms with Crippen LogP contribution in [0.1, 0.15) is 6.92 Å². The Morgan fingerprint density at radius 2 is 2.21 bits per heavy atom. The number of rotatable bonds is 6. The zero-order valence-electron chi connectivity index (χ0n) is 13.1. The van der Waals surface area contributed by atoms with Gasteiger partial charge in [-0.2, -0.15) is 5.26 Å². The fourth-order valence-electron chi connectivity index (χ4n) is 1.65. The molecule has 1 rings (SSSR count). The average Bonchev–Trinajstić information content (AvgIpc) is 2.55. The zero-order chi connectivity index (χ0) is 18.1. The highest BCUT2D eigenvalue weighted by atomic mass is 35.5. The van der Waals surface area contributed by atoms with Gasteiger partial charge in [0.15, 0.2) is 0 Å². The number of carbonyl (C=O) groups is 2. The van der Waals surface area contributed by atoms with Gasteiger partial charge in [0.05, 0.1) is 17.3 Å². The third kappa shape index (κ3) is 5.46. The Morgan fingerprint density at radius 3 is 2.75 bits per heavy atom. The van der Waals surface area contributed by atoms with Crippen LogP contribution >= 0.6 is 11.6 Å². The van der Waals surface area contributed by atoms with Crippen molar-refractivity contribution in [2.45, 2.75) is 6.92 Å². The van der Waals surface area contributed by atoms with Gasteiger partial charge in [-0.25, -0.2) is 4.79 Å². The Bertz CT molecular complexity index is 684. The SMILES string of the molecule is CCOC(=O)N(/C=C(/C#N)C(=O)Nc1ccc(N)c(Cl)c1)CCN. The quantitative estimate of drug-likeness (QED) is 0.405. The Labute approximate surface area is 144 Å². The number of amides is 2. The molecule has 0 aromatic heterocycles. The molecule has 0 saturated carbocycles. The number of ether oxygens (including phenoxy) is 1. The van der Waals surface area contributed by atoms with E-state index in [-0.39, 0.29) is 30.3 Å². The maximum atomic E-state index is 12.2. The maximum absolute atomic E-state index is 12.2. The summed E-state index contributed by atoms with van der Waals surface area (Å²) in [6.07, 6.45) is 0.401. The zero-order valence-corrected chi connectivity index (χ0v) is 13.8. The van der Waals surface area contributed by atoms with Gasteiger partial charge >= 0.3 is 6.09 Å². The summed E-state index contributed by atoms with van der Waals surface area (Å²) in [7, 11) is 0. The molecule has 0 aliphatic carbocycles. The third-order valence-electron chi connectivity index (χ3n) is 2.78. The molecule has 2 amide bonds. The highest BCUT2D eigenvalue weighted by Crippen LogP contribution is 2.22. The molecule has 1 aromatic carbocycles. The first-order valence-electron chi connectivity index (χ1n) is 7.04. The molecule has 0 aliphatic heterocycles. The number of nitrogen functional groups attached to an aromatic ring is 1. The Balaban J connectivity index is 2.96. The minimum Gasteiger partial charge on any atom is -0.449 e. The summed E-state index contributed by atoms with van der Waals surface area (Å²) in [5.41, 5.74) is 11.4. The fourth-order valence-corrected chi connectivity index (χ4v) is 1.83. The maximum Gasteiger partial charge on any atom is 0.413 e. The molecule has 0 saturated heterocycles. The monoisotopic (exact) mass is 351 g/mol. The number of nitrogens with two attached hydrogens (primary N) is 2. The number of carbonyl (C=O) groups excluding carboxylic acids is 2. The average molecular weight is 352 g/mol. The lowest BCUT2D eigenvalue weighted by Gasteiger charge is -2.17. The van der Waals surface area contributed by atoms with Crippen molar-refractivity contribution in [2.75, 3.05) is 30.7 Å². The van der Waals surface area contributed by atoms with Crippen molar-refractivity contribution in [3.8, 4) is 6.07 Å². The minimum atomic E-state index is -0.704. The molecule has 1 aromatic rings. The van der Waals surface area contributed by atoms with E-state index in [1.54, 1.807) is 13.0 Å². The lowest BCUT2D eigenvalue weighted by Crippen LogP contribution is -2.32. The molecule has 0 atom stereocenters. The predicted octanol–water partition coefficient (Wildman–Crippen LogP) is 1.69. The van der Waals surface area contributed by atoms with Crippen LogP contribution in [0, 0.1) is 11.3 Å². The fraction of sp³-hybridized carbons (Fsp3) is 0.267. The Kier molecular flexibility index (Phi) is 7.55. The number of nitrogens with zero attached hydrogens (tertiary/aromatic N) is 2. The molecule has 24 heavy (non-hydrogen) atoms. The second-order valence-corrected chi connectivity index (χ2v) is 4.93. The number of anilines is 2. The molecule has 128 valence electrons. The van der Waals surface area contributed by atoms with E-state index in [4.69, 9.17) is 33.1 Å². The topological polar surface area (TPSA) is 134 Å². The van der Waals surface area contributed by atoms with Gasteiger partial charge in [0, 0.05) is 25.0 Å². The lowest BCUT2D eigenvalue weighted by molar-refractivity contribution is -0.112. The van der Waals surface area contributed by atoms with Crippen LogP contribution in [0.3, 0.4) is 0 Å². The second-order valence-electron chi connectivity index (χ2n) is 4.53. The first kappa shape index (κ1) is 19.3. The van der Waals surface area contributed by atoms with E-state index in [0.29, 0.717) is 11.4 Å². The minimum absolute atomic E-state index is 0.102. The van der Waals surface area contributed by atoms with E-state index >= 15 is 0 Å². The molecule has 9 heteroatoms. The van der Waals surface area contributed by atoms with Gasteiger partial charge < -0.3 is 21.5 Å². The van der Waals surface area contributed by atoms with Gasteiger partial charge in [0.25, 0.3) is 5.91 Å². The van der Waals surface area contributed by atoms with Crippen LogP contribution in [-0.4, -0.2) is 36.6 Å². The van der Waals surface area contributed by atoms with Crippen LogP contribution in [0.5, 0.6) is 0 Å². The summed E-state index contributed by atoms with van der Waals surface area (Å²) < 4.78 is 4.84. The van der Waals surface area contributed by atoms with E-state index in [2.05, 4.69) is 5.32 Å². The van der Waals surface area contributed by atoms with Crippen molar-refractivity contribution in [2.24, 2.45) is 5.73 Å². The highest BCUT2D eigenvalue weighted by Gasteiger charge is 2.17. The van der Waals surface area contributed by atoms with Crippen LogP contribution in [0.2, 0.25) is 5.02 Å². The number of hydrogen-bond donors (Lipinski definition) is 3. The van der Waals surface area contributed by atoms with Crippen LogP contribution < -0.4 is 16.8 Å². The van der Waals surface area contributed by atoms with Crippen molar-refractivity contribution in [1.29, 1.82) is 5.26 Å². The molecule has 8 nitrogen and oxygen atoms in total. The summed E-state index contributed by atoms with van der Waals surface area (Å²) >= 11 is 5.87. The van der Waals surface area contributed by atoms with Gasteiger partial charge in [-0.3, -0.25) is 9.69 Å². The molecule has 0 radical (unpaired) electrons. The van der Waals surface area contributed by atoms with E-state index in [9.17, 15) is 9.59 Å². The summed E-state index contributed by atoms with van der Waals surface area (Å²) in [6, 6.07) is 6.25. The van der Waals surface area contributed by atoms with Crippen LogP contribution in [0.15, 0.2) is 30.0 Å². The lowest BCUT2D eigenvalue weighted by atomic mass is 10.2. The summed E-state index contributed by atoms with van der Waals surface area (Å²) in [5, 5.41) is 11.9. The Hall–Kier alpha value is -2.76. The van der Waals surface area contributed by atoms with Gasteiger partial charge in [-0.15, -0.1) is 0 Å². The van der Waals surface area contributed by atoms with Crippen molar-refractivity contribution >= 4 is 35.0 Å². The molecule has 0 fully saturated rings. The standard InChI is InChI=1S/C15H18ClN5O3/c1-2-24-15(23)21(6-5-17)9-10(8-18)14(22)20-11-3-4-13(19)12(16)7-11/h3-4,7,9H,2,5-6,17,19H2,1H3,(H,20,22)/b10-9-.